The summed E-state index contributed by atoms with van der Waals surface area (Å²) in [5, 5.41) is 3.52. The molecule has 0 aromatic heterocycles. The van der Waals surface area contributed by atoms with Crippen LogP contribution >= 0.6 is 0 Å². The molecule has 2 aliphatic carbocycles. The Balaban J connectivity index is 1.88. The van der Waals surface area contributed by atoms with Crippen molar-refractivity contribution in [2.45, 2.75) is 51.5 Å². The molecule has 0 aromatic carbocycles. The molecule has 2 saturated carbocycles. The fraction of sp³-hybridized carbons (Fsp3) is 0.857. The van der Waals surface area contributed by atoms with Gasteiger partial charge in [0.15, 0.2) is 0 Å². The Bertz CT molecular complexity index is 221. The summed E-state index contributed by atoms with van der Waals surface area (Å²) in [6.07, 6.45) is 8.27. The molecule has 0 radical (unpaired) electrons. The quantitative estimate of drug-likeness (QED) is 0.682. The van der Waals surface area contributed by atoms with Crippen molar-refractivity contribution in [2.75, 3.05) is 7.05 Å². The van der Waals surface area contributed by atoms with Gasteiger partial charge in [0.05, 0.1) is 0 Å². The highest BCUT2D eigenvalue weighted by molar-refractivity contribution is 5.08. The Labute approximate surface area is 94.3 Å². The van der Waals surface area contributed by atoms with Crippen molar-refractivity contribution in [1.82, 2.24) is 5.32 Å². The van der Waals surface area contributed by atoms with Gasteiger partial charge in [0, 0.05) is 6.04 Å². The van der Waals surface area contributed by atoms with Crippen LogP contribution in [0.1, 0.15) is 45.4 Å². The van der Waals surface area contributed by atoms with E-state index in [4.69, 9.17) is 0 Å². The summed E-state index contributed by atoms with van der Waals surface area (Å²) in [5.41, 5.74) is 1.41. The molecule has 1 nitrogen and oxygen atoms in total. The van der Waals surface area contributed by atoms with Gasteiger partial charge in [-0.05, 0) is 50.5 Å². The van der Waals surface area contributed by atoms with Crippen LogP contribution in [0.15, 0.2) is 12.2 Å². The molecule has 0 spiro atoms. The van der Waals surface area contributed by atoms with E-state index in [1.165, 1.54) is 37.7 Å². The van der Waals surface area contributed by atoms with Crippen molar-refractivity contribution in [1.29, 1.82) is 0 Å². The van der Waals surface area contributed by atoms with E-state index in [1.807, 2.05) is 0 Å². The monoisotopic (exact) mass is 207 g/mol. The predicted molar refractivity (Wildman–Crippen MR) is 65.8 cm³/mol. The van der Waals surface area contributed by atoms with Crippen LogP contribution in [0.3, 0.4) is 0 Å². The third kappa shape index (κ3) is 2.28. The molecule has 0 bridgehead atoms. The van der Waals surface area contributed by atoms with Gasteiger partial charge in [-0.15, -0.1) is 0 Å². The Morgan fingerprint density at radius 2 is 1.93 bits per heavy atom. The van der Waals surface area contributed by atoms with Gasteiger partial charge in [0.1, 0.15) is 0 Å². The lowest BCUT2D eigenvalue weighted by atomic mass is 9.99. The van der Waals surface area contributed by atoms with Gasteiger partial charge in [-0.2, -0.15) is 0 Å². The SMILES string of the molecule is C=C(CC)CC(NC)C1C2CCCCC21. The summed E-state index contributed by atoms with van der Waals surface area (Å²) in [6, 6.07) is 0.713. The molecule has 1 heteroatoms. The zero-order valence-electron chi connectivity index (χ0n) is 10.3. The maximum absolute atomic E-state index is 4.15. The third-order valence-corrected chi connectivity index (χ3v) is 4.57. The third-order valence-electron chi connectivity index (χ3n) is 4.57. The molecular weight excluding hydrogens is 182 g/mol. The Morgan fingerprint density at radius 1 is 1.33 bits per heavy atom. The smallest absolute Gasteiger partial charge is 0.0135 e. The van der Waals surface area contributed by atoms with Crippen LogP contribution in [0, 0.1) is 17.8 Å². The van der Waals surface area contributed by atoms with E-state index in [1.54, 1.807) is 0 Å². The summed E-state index contributed by atoms with van der Waals surface area (Å²) in [6.45, 7) is 6.37. The molecular formula is C14H25N. The van der Waals surface area contributed by atoms with Gasteiger partial charge in [0.25, 0.3) is 0 Å². The molecule has 0 aromatic rings. The van der Waals surface area contributed by atoms with E-state index in [0.29, 0.717) is 6.04 Å². The minimum atomic E-state index is 0.713. The maximum Gasteiger partial charge on any atom is 0.0135 e. The number of fused-ring (bicyclic) bond motifs is 1. The lowest BCUT2D eigenvalue weighted by Crippen LogP contribution is -2.29. The van der Waals surface area contributed by atoms with Gasteiger partial charge in [0.2, 0.25) is 0 Å². The van der Waals surface area contributed by atoms with Gasteiger partial charge in [-0.25, -0.2) is 0 Å². The van der Waals surface area contributed by atoms with Gasteiger partial charge >= 0.3 is 0 Å². The van der Waals surface area contributed by atoms with E-state index in [-0.39, 0.29) is 0 Å². The number of hydrogen-bond donors (Lipinski definition) is 1. The molecule has 3 unspecified atom stereocenters. The highest BCUT2D eigenvalue weighted by Crippen LogP contribution is 2.57. The standard InChI is InChI=1S/C14H25N/c1-4-10(2)9-13(15-3)14-11-7-5-6-8-12(11)14/h11-15H,2,4-9H2,1,3H3. The van der Waals surface area contributed by atoms with Crippen LogP contribution in [0.4, 0.5) is 0 Å². The summed E-state index contributed by atoms with van der Waals surface area (Å²) in [7, 11) is 2.12. The Kier molecular flexibility index (Phi) is 3.50. The van der Waals surface area contributed by atoms with Gasteiger partial charge in [-0.1, -0.05) is 31.9 Å². The van der Waals surface area contributed by atoms with Crippen LogP contribution in [-0.2, 0) is 0 Å². The summed E-state index contributed by atoms with van der Waals surface area (Å²) in [4.78, 5) is 0. The van der Waals surface area contributed by atoms with E-state index in [0.717, 1.165) is 24.2 Å². The first-order valence-electron chi connectivity index (χ1n) is 6.61. The van der Waals surface area contributed by atoms with Crippen LogP contribution in [0.25, 0.3) is 0 Å². The van der Waals surface area contributed by atoms with Gasteiger partial charge in [-0.3, -0.25) is 0 Å². The first-order valence-corrected chi connectivity index (χ1v) is 6.61. The Morgan fingerprint density at radius 3 is 2.40 bits per heavy atom. The van der Waals surface area contributed by atoms with Crippen LogP contribution in [-0.4, -0.2) is 13.1 Å². The molecule has 2 rings (SSSR count). The first kappa shape index (κ1) is 11.2. The molecule has 1 N–H and O–H groups in total. The highest BCUT2D eigenvalue weighted by Gasteiger charge is 2.53. The second-order valence-electron chi connectivity index (χ2n) is 5.39. The molecule has 0 saturated heterocycles. The lowest BCUT2D eigenvalue weighted by molar-refractivity contribution is 0.456. The zero-order valence-corrected chi connectivity index (χ0v) is 10.3. The van der Waals surface area contributed by atoms with Crippen molar-refractivity contribution in [3.05, 3.63) is 12.2 Å². The van der Waals surface area contributed by atoms with Crippen LogP contribution in [0.2, 0.25) is 0 Å². The average molecular weight is 207 g/mol. The fourth-order valence-electron chi connectivity index (χ4n) is 3.53. The summed E-state index contributed by atoms with van der Waals surface area (Å²) >= 11 is 0. The predicted octanol–water partition coefficient (Wildman–Crippen LogP) is 3.37. The number of rotatable bonds is 5. The van der Waals surface area contributed by atoms with Crippen molar-refractivity contribution in [3.63, 3.8) is 0 Å². The second kappa shape index (κ2) is 4.69. The van der Waals surface area contributed by atoms with E-state index in [2.05, 4.69) is 25.9 Å². The number of nitrogens with one attached hydrogen (secondary N) is 1. The van der Waals surface area contributed by atoms with E-state index in [9.17, 15) is 0 Å². The summed E-state index contributed by atoms with van der Waals surface area (Å²) < 4.78 is 0. The fourth-order valence-corrected chi connectivity index (χ4v) is 3.53. The zero-order chi connectivity index (χ0) is 10.8. The minimum absolute atomic E-state index is 0.713. The van der Waals surface area contributed by atoms with Gasteiger partial charge < -0.3 is 5.32 Å². The largest absolute Gasteiger partial charge is 0.316 e. The highest BCUT2D eigenvalue weighted by atomic mass is 14.9. The van der Waals surface area contributed by atoms with Crippen molar-refractivity contribution >= 4 is 0 Å². The van der Waals surface area contributed by atoms with E-state index < -0.39 is 0 Å². The minimum Gasteiger partial charge on any atom is -0.316 e. The maximum atomic E-state index is 4.15. The molecule has 2 fully saturated rings. The van der Waals surface area contributed by atoms with Crippen LogP contribution < -0.4 is 5.32 Å². The average Bonchev–Trinajstić information content (AvgIpc) is 3.00. The van der Waals surface area contributed by atoms with Crippen molar-refractivity contribution in [2.24, 2.45) is 17.8 Å². The molecule has 0 aliphatic heterocycles. The van der Waals surface area contributed by atoms with E-state index >= 15 is 0 Å². The molecule has 86 valence electrons. The number of hydrogen-bond acceptors (Lipinski definition) is 1. The topological polar surface area (TPSA) is 12.0 Å². The van der Waals surface area contributed by atoms with Crippen molar-refractivity contribution < 1.29 is 0 Å². The molecule has 0 amide bonds. The molecule has 2 aliphatic rings. The summed E-state index contributed by atoms with van der Waals surface area (Å²) in [5.74, 6) is 3.09. The van der Waals surface area contributed by atoms with Crippen LogP contribution in [0.5, 0.6) is 0 Å². The first-order chi connectivity index (χ1) is 7.27. The molecule has 0 heterocycles. The lowest BCUT2D eigenvalue weighted by Gasteiger charge is -2.17. The second-order valence-corrected chi connectivity index (χ2v) is 5.39. The molecule has 3 atom stereocenters. The van der Waals surface area contributed by atoms with Crippen molar-refractivity contribution in [3.8, 4) is 0 Å². The Hall–Kier alpha value is -0.300. The molecule has 15 heavy (non-hydrogen) atoms. The normalized spacial score (nSPS) is 35.7.